The summed E-state index contributed by atoms with van der Waals surface area (Å²) in [5.41, 5.74) is 0. The summed E-state index contributed by atoms with van der Waals surface area (Å²) in [5.74, 6) is -4.12. The van der Waals surface area contributed by atoms with Crippen molar-refractivity contribution in [3.8, 4) is 0 Å². The van der Waals surface area contributed by atoms with Crippen LogP contribution in [0.1, 0.15) is 6.42 Å². The number of esters is 1. The summed E-state index contributed by atoms with van der Waals surface area (Å²) in [7, 11) is 0. The largest absolute Gasteiger partial charge is 0.408 e. The average Bonchev–Trinajstić information content (AvgIpc) is 1.78. The van der Waals surface area contributed by atoms with Crippen LogP contribution in [-0.4, -0.2) is 18.3 Å². The molecule has 0 aromatic carbocycles. The van der Waals surface area contributed by atoms with Gasteiger partial charge in [0.1, 0.15) is 6.42 Å². The molecule has 0 aromatic rings. The molecule has 0 aliphatic heterocycles. The molecule has 0 amide bonds. The number of rotatable bonds is 3. The van der Waals surface area contributed by atoms with Crippen molar-refractivity contribution >= 4 is 5.97 Å². The van der Waals surface area contributed by atoms with Crippen LogP contribution in [-0.2, 0) is 9.53 Å². The Kier molecular flexibility index (Phi) is 3.55. The number of hydrogen-bond acceptors (Lipinski definition) is 2. The van der Waals surface area contributed by atoms with E-state index in [-0.39, 0.29) is 0 Å². The summed E-state index contributed by atoms with van der Waals surface area (Å²) in [4.78, 5) is 10.1. The second kappa shape index (κ2) is 3.89. The minimum absolute atomic E-state index is 1.90. The summed E-state index contributed by atoms with van der Waals surface area (Å²) in [6, 6.07) is 0. The molecule has 0 aliphatic carbocycles. The molecular weight excluding hydrogens is 218 g/mol. The summed E-state index contributed by atoms with van der Waals surface area (Å²) in [6.07, 6.45) is -12.7. The molecule has 0 fully saturated rings. The minimum atomic E-state index is -5.22. The van der Waals surface area contributed by atoms with Gasteiger partial charge in [-0.3, -0.25) is 0 Å². The average molecular weight is 222 g/mol. The molecule has 0 spiro atoms. The standard InChI is InChI=1S/C6H4F6O2/c1-3(7)4(13)14-6(11,12)2-5(8,9)10/h1-2H2. The normalized spacial score (nSPS) is 12.4. The third-order valence-electron chi connectivity index (χ3n) is 0.870. The Labute approximate surface area is 74.1 Å². The van der Waals surface area contributed by atoms with Crippen molar-refractivity contribution in [3.05, 3.63) is 12.4 Å². The van der Waals surface area contributed by atoms with E-state index < -0.39 is 30.5 Å². The zero-order valence-corrected chi connectivity index (χ0v) is 6.50. The summed E-state index contributed by atoms with van der Waals surface area (Å²) < 4.78 is 73.2. The fourth-order valence-corrected chi connectivity index (χ4v) is 0.460. The molecule has 0 atom stereocenters. The van der Waals surface area contributed by atoms with E-state index >= 15 is 0 Å². The van der Waals surface area contributed by atoms with Crippen LogP contribution in [0.15, 0.2) is 12.4 Å². The molecule has 0 aromatic heterocycles. The molecule has 82 valence electrons. The summed E-state index contributed by atoms with van der Waals surface area (Å²) in [5, 5.41) is 0. The first-order chi connectivity index (χ1) is 6.03. The van der Waals surface area contributed by atoms with Gasteiger partial charge >= 0.3 is 18.3 Å². The topological polar surface area (TPSA) is 26.3 Å². The van der Waals surface area contributed by atoms with Gasteiger partial charge in [-0.15, -0.1) is 0 Å². The fraction of sp³-hybridized carbons (Fsp3) is 0.500. The monoisotopic (exact) mass is 222 g/mol. The molecule has 0 aliphatic rings. The highest BCUT2D eigenvalue weighted by Gasteiger charge is 2.47. The SMILES string of the molecule is C=C(F)C(=O)OC(F)(F)CC(F)(F)F. The van der Waals surface area contributed by atoms with Gasteiger partial charge in [-0.2, -0.15) is 26.3 Å². The molecular formula is C6H4F6O2. The van der Waals surface area contributed by atoms with Crippen LogP contribution in [0, 0.1) is 0 Å². The molecule has 8 heteroatoms. The lowest BCUT2D eigenvalue weighted by molar-refractivity contribution is -0.278. The lowest BCUT2D eigenvalue weighted by Crippen LogP contribution is -2.31. The Hall–Kier alpha value is -1.21. The molecule has 0 saturated heterocycles. The highest BCUT2D eigenvalue weighted by atomic mass is 19.4. The number of hydrogen-bond donors (Lipinski definition) is 0. The lowest BCUT2D eigenvalue weighted by Gasteiger charge is -2.17. The van der Waals surface area contributed by atoms with E-state index in [1.54, 1.807) is 0 Å². The van der Waals surface area contributed by atoms with E-state index in [0.29, 0.717) is 0 Å². The highest BCUT2D eigenvalue weighted by Crippen LogP contribution is 2.32. The van der Waals surface area contributed by atoms with E-state index in [9.17, 15) is 31.1 Å². The second-order valence-electron chi connectivity index (χ2n) is 2.22. The number of carbonyl (C=O) groups excluding carboxylic acids is 1. The Morgan fingerprint density at radius 3 is 1.93 bits per heavy atom. The van der Waals surface area contributed by atoms with Crippen molar-refractivity contribution < 1.29 is 35.9 Å². The van der Waals surface area contributed by atoms with Gasteiger partial charge in [0.05, 0.1) is 0 Å². The maximum atomic E-state index is 12.2. The molecule has 0 radical (unpaired) electrons. The second-order valence-corrected chi connectivity index (χ2v) is 2.22. The van der Waals surface area contributed by atoms with Crippen LogP contribution in [0.25, 0.3) is 0 Å². The molecule has 0 N–H and O–H groups in total. The van der Waals surface area contributed by atoms with Crippen LogP contribution in [0.3, 0.4) is 0 Å². The van der Waals surface area contributed by atoms with Gasteiger partial charge in [-0.05, 0) is 0 Å². The van der Waals surface area contributed by atoms with Gasteiger partial charge in [0.15, 0.2) is 0 Å². The van der Waals surface area contributed by atoms with Crippen molar-refractivity contribution in [3.63, 3.8) is 0 Å². The first-order valence-corrected chi connectivity index (χ1v) is 3.06. The first-order valence-electron chi connectivity index (χ1n) is 3.06. The van der Waals surface area contributed by atoms with Crippen LogP contribution < -0.4 is 0 Å². The van der Waals surface area contributed by atoms with Gasteiger partial charge in [-0.1, -0.05) is 6.58 Å². The molecule has 2 nitrogen and oxygen atoms in total. The quantitative estimate of drug-likeness (QED) is 0.416. The lowest BCUT2D eigenvalue weighted by atomic mass is 10.4. The number of carbonyl (C=O) groups is 1. The van der Waals surface area contributed by atoms with E-state index in [1.165, 1.54) is 0 Å². The van der Waals surface area contributed by atoms with Crippen LogP contribution in [0.4, 0.5) is 26.3 Å². The fourth-order valence-electron chi connectivity index (χ4n) is 0.460. The van der Waals surface area contributed by atoms with Crippen molar-refractivity contribution in [2.75, 3.05) is 0 Å². The number of alkyl halides is 5. The van der Waals surface area contributed by atoms with Gasteiger partial charge in [0.2, 0.25) is 5.83 Å². The molecule has 0 heterocycles. The van der Waals surface area contributed by atoms with Gasteiger partial charge in [0, 0.05) is 0 Å². The van der Waals surface area contributed by atoms with Crippen LogP contribution in [0.5, 0.6) is 0 Å². The van der Waals surface area contributed by atoms with Crippen molar-refractivity contribution in [1.82, 2.24) is 0 Å². The molecule has 0 saturated carbocycles. The van der Waals surface area contributed by atoms with E-state index in [4.69, 9.17) is 0 Å². The first kappa shape index (κ1) is 12.8. The van der Waals surface area contributed by atoms with Gasteiger partial charge in [-0.25, -0.2) is 4.79 Å². The summed E-state index contributed by atoms with van der Waals surface area (Å²) >= 11 is 0. The Morgan fingerprint density at radius 1 is 1.21 bits per heavy atom. The highest BCUT2D eigenvalue weighted by molar-refractivity contribution is 5.85. The Morgan fingerprint density at radius 2 is 1.64 bits per heavy atom. The van der Waals surface area contributed by atoms with Crippen molar-refractivity contribution in [2.45, 2.75) is 18.7 Å². The predicted octanol–water partition coefficient (Wildman–Crippen LogP) is 2.56. The number of halogens is 6. The van der Waals surface area contributed by atoms with E-state index in [2.05, 4.69) is 11.3 Å². The van der Waals surface area contributed by atoms with Crippen LogP contribution >= 0.6 is 0 Å². The van der Waals surface area contributed by atoms with E-state index in [1.807, 2.05) is 0 Å². The smallest absolute Gasteiger partial charge is 0.395 e. The summed E-state index contributed by atoms with van der Waals surface area (Å²) in [6.45, 7) is 2.28. The zero-order valence-electron chi connectivity index (χ0n) is 6.50. The van der Waals surface area contributed by atoms with Gasteiger partial charge in [0.25, 0.3) is 0 Å². The van der Waals surface area contributed by atoms with Gasteiger partial charge < -0.3 is 4.74 Å². The molecule has 14 heavy (non-hydrogen) atoms. The Balaban J connectivity index is 4.35. The Bertz CT molecular complexity index is 243. The van der Waals surface area contributed by atoms with E-state index in [0.717, 1.165) is 0 Å². The molecule has 0 rings (SSSR count). The maximum Gasteiger partial charge on any atom is 0.408 e. The number of ether oxygens (including phenoxy) is 1. The third-order valence-corrected chi connectivity index (χ3v) is 0.870. The zero-order chi connectivity index (χ0) is 11.6. The molecule has 0 unspecified atom stereocenters. The third kappa shape index (κ3) is 5.44. The predicted molar refractivity (Wildman–Crippen MR) is 32.0 cm³/mol. The van der Waals surface area contributed by atoms with Crippen LogP contribution in [0.2, 0.25) is 0 Å². The van der Waals surface area contributed by atoms with Crippen molar-refractivity contribution in [1.29, 1.82) is 0 Å². The molecule has 0 bridgehead atoms. The maximum absolute atomic E-state index is 12.2. The van der Waals surface area contributed by atoms with Crippen molar-refractivity contribution in [2.24, 2.45) is 0 Å². The minimum Gasteiger partial charge on any atom is -0.395 e.